The third-order valence-electron chi connectivity index (χ3n) is 5.76. The number of ether oxygens (including phenoxy) is 1. The first-order valence-corrected chi connectivity index (χ1v) is 12.1. The maximum atomic E-state index is 12.6. The van der Waals surface area contributed by atoms with Gasteiger partial charge in [0, 0.05) is 18.8 Å². The van der Waals surface area contributed by atoms with E-state index in [-0.39, 0.29) is 30.3 Å². The van der Waals surface area contributed by atoms with Crippen molar-refractivity contribution < 1.29 is 19.1 Å². The lowest BCUT2D eigenvalue weighted by Crippen LogP contribution is -2.43. The highest BCUT2D eigenvalue weighted by molar-refractivity contribution is 7.12. The van der Waals surface area contributed by atoms with Gasteiger partial charge in [0.05, 0.1) is 10.8 Å². The minimum atomic E-state index is -0.426. The lowest BCUT2D eigenvalue weighted by molar-refractivity contribution is -0.152. The number of carbonyl (C=O) groups excluding carboxylic acids is 3. The number of amides is 2. The van der Waals surface area contributed by atoms with E-state index in [1.807, 2.05) is 29.6 Å². The smallest absolute Gasteiger partial charge is 0.311 e. The maximum absolute atomic E-state index is 12.6. The number of hydrogen-bond acceptors (Lipinski definition) is 5. The molecule has 0 spiro atoms. The van der Waals surface area contributed by atoms with Crippen LogP contribution < -0.4 is 5.32 Å². The zero-order valence-corrected chi connectivity index (χ0v) is 20.0. The number of nitrogens with one attached hydrogen (secondary N) is 1. The van der Waals surface area contributed by atoms with Crippen molar-refractivity contribution in [1.29, 1.82) is 0 Å². The van der Waals surface area contributed by atoms with Gasteiger partial charge in [-0.15, -0.1) is 11.3 Å². The number of hydrogen-bond donors (Lipinski definition) is 1. The second-order valence-corrected chi connectivity index (χ2v) is 9.79. The molecule has 2 amide bonds. The molecule has 1 aromatic heterocycles. The van der Waals surface area contributed by atoms with Gasteiger partial charge in [-0.2, -0.15) is 0 Å². The molecule has 1 fully saturated rings. The van der Waals surface area contributed by atoms with Crippen LogP contribution in [0, 0.1) is 5.92 Å². The summed E-state index contributed by atoms with van der Waals surface area (Å²) < 4.78 is 5.35. The van der Waals surface area contributed by atoms with Crippen LogP contribution in [0.1, 0.15) is 73.2 Å². The summed E-state index contributed by atoms with van der Waals surface area (Å²) >= 11 is 1.40. The van der Waals surface area contributed by atoms with Gasteiger partial charge in [-0.25, -0.2) is 0 Å². The van der Waals surface area contributed by atoms with Crippen molar-refractivity contribution in [2.45, 2.75) is 52.4 Å². The number of anilines is 1. The molecule has 172 valence electrons. The van der Waals surface area contributed by atoms with E-state index in [2.05, 4.69) is 33.0 Å². The Kier molecular flexibility index (Phi) is 8.07. The number of nitrogens with zero attached hydrogens (tertiary/aromatic N) is 1. The van der Waals surface area contributed by atoms with Crippen LogP contribution in [0.3, 0.4) is 0 Å². The van der Waals surface area contributed by atoms with Crippen LogP contribution in [0.5, 0.6) is 0 Å². The molecular weight excluding hydrogens is 424 g/mol. The molecule has 0 radical (unpaired) electrons. The molecule has 1 unspecified atom stereocenters. The summed E-state index contributed by atoms with van der Waals surface area (Å²) in [6.07, 6.45) is 1.39. The second kappa shape index (κ2) is 10.8. The summed E-state index contributed by atoms with van der Waals surface area (Å²) in [4.78, 5) is 40.2. The Labute approximate surface area is 194 Å². The summed E-state index contributed by atoms with van der Waals surface area (Å²) in [5, 5.41) is 4.83. The SMILES string of the molecule is CC(C)c1cccc(C(C)C)c1NC(=O)COC(=O)C1CCCN(C(=O)c2cccs2)C1. The quantitative estimate of drug-likeness (QED) is 0.593. The van der Waals surface area contributed by atoms with Gasteiger partial charge in [-0.3, -0.25) is 14.4 Å². The molecule has 7 heteroatoms. The summed E-state index contributed by atoms with van der Waals surface area (Å²) in [7, 11) is 0. The molecule has 1 aliphatic rings. The monoisotopic (exact) mass is 456 g/mol. The van der Waals surface area contributed by atoms with E-state index in [0.29, 0.717) is 24.4 Å². The first-order chi connectivity index (χ1) is 15.3. The Hall–Kier alpha value is -2.67. The van der Waals surface area contributed by atoms with Gasteiger partial charge >= 0.3 is 5.97 Å². The van der Waals surface area contributed by atoms with Gasteiger partial charge in [0.1, 0.15) is 0 Å². The Bertz CT molecular complexity index is 927. The van der Waals surface area contributed by atoms with Crippen LogP contribution in [0.4, 0.5) is 5.69 Å². The average molecular weight is 457 g/mol. The van der Waals surface area contributed by atoms with Crippen molar-refractivity contribution in [2.24, 2.45) is 5.92 Å². The predicted octanol–water partition coefficient (Wildman–Crippen LogP) is 5.03. The van der Waals surface area contributed by atoms with Gasteiger partial charge in [-0.05, 0) is 47.3 Å². The highest BCUT2D eigenvalue weighted by Crippen LogP contribution is 2.32. The molecule has 1 aliphatic heterocycles. The molecule has 1 saturated heterocycles. The van der Waals surface area contributed by atoms with Crippen molar-refractivity contribution in [3.8, 4) is 0 Å². The third-order valence-corrected chi connectivity index (χ3v) is 6.61. The van der Waals surface area contributed by atoms with Crippen LogP contribution in [0.15, 0.2) is 35.7 Å². The van der Waals surface area contributed by atoms with Gasteiger partial charge in [0.2, 0.25) is 0 Å². The minimum absolute atomic E-state index is 0.0539. The molecule has 3 rings (SSSR count). The molecule has 6 nitrogen and oxygen atoms in total. The lowest BCUT2D eigenvalue weighted by atomic mass is 9.92. The third kappa shape index (κ3) is 5.76. The highest BCUT2D eigenvalue weighted by Gasteiger charge is 2.30. The van der Waals surface area contributed by atoms with Crippen LogP contribution in [0.25, 0.3) is 0 Å². The lowest BCUT2D eigenvalue weighted by Gasteiger charge is -2.31. The average Bonchev–Trinajstić information content (AvgIpc) is 3.31. The molecule has 1 atom stereocenters. The molecule has 1 N–H and O–H groups in total. The van der Waals surface area contributed by atoms with E-state index in [9.17, 15) is 14.4 Å². The van der Waals surface area contributed by atoms with Crippen LogP contribution in [-0.4, -0.2) is 42.4 Å². The van der Waals surface area contributed by atoms with Crippen molar-refractivity contribution in [3.63, 3.8) is 0 Å². The summed E-state index contributed by atoms with van der Waals surface area (Å²) in [6, 6.07) is 9.67. The molecule has 0 aliphatic carbocycles. The Morgan fingerprint density at radius 2 is 1.78 bits per heavy atom. The van der Waals surface area contributed by atoms with Crippen LogP contribution in [-0.2, 0) is 14.3 Å². The van der Waals surface area contributed by atoms with Crippen LogP contribution >= 0.6 is 11.3 Å². The molecular formula is C25H32N2O4S. The normalized spacial score (nSPS) is 16.3. The maximum Gasteiger partial charge on any atom is 0.311 e. The standard InChI is InChI=1S/C25H32N2O4S/c1-16(2)19-9-5-10-20(17(3)4)23(19)26-22(28)15-31-25(30)18-8-6-12-27(14-18)24(29)21-11-7-13-32-21/h5,7,9-11,13,16-18H,6,8,12,14-15H2,1-4H3,(H,26,28). The second-order valence-electron chi connectivity index (χ2n) is 8.84. The minimum Gasteiger partial charge on any atom is -0.455 e. The van der Waals surface area contributed by atoms with Gasteiger partial charge in [0.25, 0.3) is 11.8 Å². The van der Waals surface area contributed by atoms with Gasteiger partial charge in [0.15, 0.2) is 6.61 Å². The zero-order valence-electron chi connectivity index (χ0n) is 19.2. The molecule has 1 aromatic carbocycles. The van der Waals surface area contributed by atoms with Crippen molar-refractivity contribution >= 4 is 34.8 Å². The van der Waals surface area contributed by atoms with E-state index < -0.39 is 11.9 Å². The van der Waals surface area contributed by atoms with Crippen molar-refractivity contribution in [2.75, 3.05) is 25.0 Å². The van der Waals surface area contributed by atoms with E-state index >= 15 is 0 Å². The first-order valence-electron chi connectivity index (χ1n) is 11.2. The number of thiophene rings is 1. The number of likely N-dealkylation sites (tertiary alicyclic amines) is 1. The molecule has 0 bridgehead atoms. The van der Waals surface area contributed by atoms with E-state index in [0.717, 1.165) is 23.2 Å². The topological polar surface area (TPSA) is 75.7 Å². The van der Waals surface area contributed by atoms with E-state index in [1.165, 1.54) is 11.3 Å². The fourth-order valence-corrected chi connectivity index (χ4v) is 4.73. The Balaban J connectivity index is 1.58. The fraction of sp³-hybridized carbons (Fsp3) is 0.480. The number of carbonyl (C=O) groups is 3. The number of piperidine rings is 1. The summed E-state index contributed by atoms with van der Waals surface area (Å²) in [5.74, 6) is -0.738. The molecule has 2 heterocycles. The fourth-order valence-electron chi connectivity index (χ4n) is 4.04. The highest BCUT2D eigenvalue weighted by atomic mass is 32.1. The van der Waals surface area contributed by atoms with Gasteiger partial charge in [-0.1, -0.05) is 52.0 Å². The van der Waals surface area contributed by atoms with E-state index in [4.69, 9.17) is 4.74 Å². The summed E-state index contributed by atoms with van der Waals surface area (Å²) in [6.45, 7) is 8.96. The number of esters is 1. The van der Waals surface area contributed by atoms with Crippen molar-refractivity contribution in [3.05, 3.63) is 51.7 Å². The number of para-hydroxylation sites is 1. The van der Waals surface area contributed by atoms with E-state index in [1.54, 1.807) is 11.0 Å². The Morgan fingerprint density at radius 3 is 2.38 bits per heavy atom. The molecule has 2 aromatic rings. The zero-order chi connectivity index (χ0) is 23.3. The van der Waals surface area contributed by atoms with Gasteiger partial charge < -0.3 is 15.0 Å². The predicted molar refractivity (Wildman–Crippen MR) is 127 cm³/mol. The Morgan fingerprint density at radius 1 is 1.09 bits per heavy atom. The summed E-state index contributed by atoms with van der Waals surface area (Å²) in [5.41, 5.74) is 2.93. The van der Waals surface area contributed by atoms with Crippen LogP contribution in [0.2, 0.25) is 0 Å². The number of rotatable bonds is 7. The largest absolute Gasteiger partial charge is 0.455 e. The van der Waals surface area contributed by atoms with Crippen molar-refractivity contribution in [1.82, 2.24) is 4.90 Å². The first kappa shape index (κ1) is 24.0. The molecule has 0 saturated carbocycles. The molecule has 32 heavy (non-hydrogen) atoms. The number of benzene rings is 1.